The normalized spacial score (nSPS) is 13.0. The first-order valence-electron chi connectivity index (χ1n) is 16.4. The molecule has 8 rings (SSSR count). The van der Waals surface area contributed by atoms with E-state index < -0.39 is 0 Å². The van der Waals surface area contributed by atoms with Gasteiger partial charge < -0.3 is 14.8 Å². The summed E-state index contributed by atoms with van der Waals surface area (Å²) < 4.78 is 11.5. The summed E-state index contributed by atoms with van der Waals surface area (Å²) in [7, 11) is 3.31. The molecule has 0 aromatic heterocycles. The van der Waals surface area contributed by atoms with Gasteiger partial charge in [-0.05, 0) is 73.7 Å². The molecule has 1 aliphatic rings. The number of carbonyl (C=O) groups is 2. The predicted octanol–water partition coefficient (Wildman–Crippen LogP) is 10.3. The molecule has 48 heavy (non-hydrogen) atoms. The molecule has 0 spiro atoms. The Bertz CT molecular complexity index is 2450. The van der Waals surface area contributed by atoms with Gasteiger partial charge in [0.1, 0.15) is 0 Å². The lowest BCUT2D eigenvalue weighted by molar-refractivity contribution is 0.0845. The van der Waals surface area contributed by atoms with E-state index in [-0.39, 0.29) is 23.7 Å². The number of benzene rings is 7. The highest BCUT2D eigenvalue weighted by atomic mass is 16.5. The van der Waals surface area contributed by atoms with Gasteiger partial charge in [0, 0.05) is 38.7 Å². The zero-order valence-corrected chi connectivity index (χ0v) is 27.9. The van der Waals surface area contributed by atoms with Gasteiger partial charge in [-0.15, -0.1) is 0 Å². The van der Waals surface area contributed by atoms with Gasteiger partial charge >= 0.3 is 0 Å². The van der Waals surface area contributed by atoms with Crippen molar-refractivity contribution in [1.82, 2.24) is 5.32 Å². The lowest BCUT2D eigenvalue weighted by atomic mass is 9.83. The molecule has 0 bridgehead atoms. The molecule has 1 heterocycles. The van der Waals surface area contributed by atoms with Crippen molar-refractivity contribution < 1.29 is 19.1 Å². The summed E-state index contributed by atoms with van der Waals surface area (Å²) in [6.07, 6.45) is 0. The minimum absolute atomic E-state index is 0.272. The number of imide groups is 1. The summed E-state index contributed by atoms with van der Waals surface area (Å²) >= 11 is 0. The standard InChI is InChI=1S/C42H36N2O4/c1-21(2)23-10-7-11-24(22(3)4)39(23)43-33-20-32-36-31(41(45)44-42(32)46)19-18-28-27-17-16-25(29-13-9-15-34(47-5)40(29)48-6)26-12-8-14-30(35(26)27)37(33)38(28)36/h7-22,43H,1-6H3,(H,44,45,46). The van der Waals surface area contributed by atoms with Crippen LogP contribution in [0.3, 0.4) is 0 Å². The van der Waals surface area contributed by atoms with Gasteiger partial charge in [-0.1, -0.05) is 94.4 Å². The van der Waals surface area contributed by atoms with E-state index in [2.05, 4.69) is 92.9 Å². The Morgan fingerprint density at radius 3 is 1.88 bits per heavy atom. The number of carbonyl (C=O) groups excluding carboxylic acids is 2. The average Bonchev–Trinajstić information content (AvgIpc) is 3.09. The lowest BCUT2D eigenvalue weighted by Gasteiger charge is -2.26. The van der Waals surface area contributed by atoms with Gasteiger partial charge in [0.25, 0.3) is 11.8 Å². The SMILES string of the molecule is COc1cccc(-c2ccc3c4ccc5c6c(cc(Nc7c(C(C)C)cccc7C(C)C)c(c7cccc2c37)c64)C(=O)NC5=O)c1OC. The van der Waals surface area contributed by atoms with E-state index in [1.54, 1.807) is 14.2 Å². The minimum atomic E-state index is -0.384. The van der Waals surface area contributed by atoms with Crippen LogP contribution in [0.25, 0.3) is 54.2 Å². The minimum Gasteiger partial charge on any atom is -0.493 e. The molecule has 0 atom stereocenters. The second-order valence-corrected chi connectivity index (χ2v) is 13.2. The van der Waals surface area contributed by atoms with Crippen molar-refractivity contribution in [2.45, 2.75) is 39.5 Å². The third kappa shape index (κ3) is 4.18. The van der Waals surface area contributed by atoms with E-state index in [1.807, 2.05) is 30.3 Å². The van der Waals surface area contributed by atoms with Crippen molar-refractivity contribution in [2.24, 2.45) is 0 Å². The fourth-order valence-corrected chi connectivity index (χ4v) is 7.78. The number of nitrogens with one attached hydrogen (secondary N) is 2. The van der Waals surface area contributed by atoms with E-state index in [0.29, 0.717) is 28.0 Å². The number of hydrogen-bond donors (Lipinski definition) is 2. The summed E-state index contributed by atoms with van der Waals surface area (Å²) in [5.41, 5.74) is 7.27. The van der Waals surface area contributed by atoms with Crippen molar-refractivity contribution in [1.29, 1.82) is 0 Å². The summed E-state index contributed by atoms with van der Waals surface area (Å²) in [6.45, 7) is 8.81. The summed E-state index contributed by atoms with van der Waals surface area (Å²) in [5, 5.41) is 14.3. The van der Waals surface area contributed by atoms with Crippen LogP contribution in [0.15, 0.2) is 84.9 Å². The van der Waals surface area contributed by atoms with Crippen molar-refractivity contribution in [3.05, 3.63) is 107 Å². The Labute approximate surface area is 279 Å². The molecule has 0 saturated heterocycles. The third-order valence-electron chi connectivity index (χ3n) is 9.92. The number of fused-ring (bicyclic) bond motifs is 2. The molecular formula is C42H36N2O4. The summed E-state index contributed by atoms with van der Waals surface area (Å²) in [4.78, 5) is 26.7. The van der Waals surface area contributed by atoms with Gasteiger partial charge in [-0.2, -0.15) is 0 Å². The maximum atomic E-state index is 13.5. The number of anilines is 2. The molecule has 0 radical (unpaired) electrons. The van der Waals surface area contributed by atoms with Gasteiger partial charge in [-0.3, -0.25) is 14.9 Å². The second-order valence-electron chi connectivity index (χ2n) is 13.2. The van der Waals surface area contributed by atoms with Crippen LogP contribution in [0, 0.1) is 0 Å². The highest BCUT2D eigenvalue weighted by Crippen LogP contribution is 2.50. The van der Waals surface area contributed by atoms with Crippen LogP contribution in [-0.2, 0) is 0 Å². The maximum Gasteiger partial charge on any atom is 0.258 e. The molecule has 0 fully saturated rings. The Kier molecular flexibility index (Phi) is 6.81. The molecular weight excluding hydrogens is 596 g/mol. The molecule has 2 N–H and O–H groups in total. The molecule has 0 unspecified atom stereocenters. The molecule has 6 nitrogen and oxygen atoms in total. The number of methoxy groups -OCH3 is 2. The molecule has 1 aliphatic heterocycles. The lowest BCUT2D eigenvalue weighted by Crippen LogP contribution is -2.34. The van der Waals surface area contributed by atoms with Crippen molar-refractivity contribution in [3.63, 3.8) is 0 Å². The summed E-state index contributed by atoms with van der Waals surface area (Å²) in [6, 6.07) is 28.9. The van der Waals surface area contributed by atoms with Crippen molar-refractivity contribution >= 4 is 66.3 Å². The number of rotatable bonds is 7. The third-order valence-corrected chi connectivity index (χ3v) is 9.92. The fourth-order valence-electron chi connectivity index (χ4n) is 7.78. The van der Waals surface area contributed by atoms with Crippen LogP contribution >= 0.6 is 0 Å². The van der Waals surface area contributed by atoms with E-state index in [9.17, 15) is 9.59 Å². The van der Waals surface area contributed by atoms with Crippen LogP contribution in [0.1, 0.15) is 71.4 Å². The molecule has 7 aromatic rings. The molecule has 6 heteroatoms. The van der Waals surface area contributed by atoms with Gasteiger partial charge in [0.15, 0.2) is 11.5 Å². The Morgan fingerprint density at radius 1 is 0.562 bits per heavy atom. The number of hydrogen-bond acceptors (Lipinski definition) is 5. The van der Waals surface area contributed by atoms with Crippen LogP contribution < -0.4 is 20.1 Å². The highest BCUT2D eigenvalue weighted by Gasteiger charge is 2.30. The largest absolute Gasteiger partial charge is 0.493 e. The number of amides is 2. The monoisotopic (exact) mass is 632 g/mol. The Hall–Kier alpha value is -5.62. The first-order valence-corrected chi connectivity index (χ1v) is 16.4. The van der Waals surface area contributed by atoms with Gasteiger partial charge in [-0.25, -0.2) is 0 Å². The van der Waals surface area contributed by atoms with Crippen LogP contribution in [0.4, 0.5) is 11.4 Å². The Morgan fingerprint density at radius 2 is 1.19 bits per heavy atom. The second kappa shape index (κ2) is 11.0. The summed E-state index contributed by atoms with van der Waals surface area (Å²) in [5.74, 6) is 1.13. The smallest absolute Gasteiger partial charge is 0.258 e. The Balaban J connectivity index is 1.54. The number of para-hydroxylation sites is 2. The maximum absolute atomic E-state index is 13.5. The first-order chi connectivity index (χ1) is 23.2. The van der Waals surface area contributed by atoms with Crippen LogP contribution in [0.2, 0.25) is 0 Å². The van der Waals surface area contributed by atoms with Crippen LogP contribution in [0.5, 0.6) is 11.5 Å². The molecule has 0 aliphatic carbocycles. The molecule has 0 saturated carbocycles. The van der Waals surface area contributed by atoms with Gasteiger partial charge in [0.2, 0.25) is 0 Å². The molecule has 238 valence electrons. The highest BCUT2D eigenvalue weighted by molar-refractivity contribution is 6.41. The van der Waals surface area contributed by atoms with E-state index >= 15 is 0 Å². The van der Waals surface area contributed by atoms with Crippen molar-refractivity contribution in [3.8, 4) is 22.6 Å². The van der Waals surface area contributed by atoms with E-state index in [0.717, 1.165) is 60.2 Å². The predicted molar refractivity (Wildman–Crippen MR) is 196 cm³/mol. The average molecular weight is 633 g/mol. The quantitative estimate of drug-likeness (QED) is 0.104. The zero-order chi connectivity index (χ0) is 33.4. The first kappa shape index (κ1) is 29.8. The van der Waals surface area contributed by atoms with E-state index in [4.69, 9.17) is 9.47 Å². The molecule has 7 aromatic carbocycles. The van der Waals surface area contributed by atoms with Gasteiger partial charge in [0.05, 0.1) is 19.8 Å². The number of ether oxygens (including phenoxy) is 2. The van der Waals surface area contributed by atoms with Crippen molar-refractivity contribution in [2.75, 3.05) is 19.5 Å². The zero-order valence-electron chi connectivity index (χ0n) is 27.9. The fraction of sp³-hybridized carbons (Fsp3) is 0.190. The van der Waals surface area contributed by atoms with Crippen LogP contribution in [-0.4, -0.2) is 26.0 Å². The topological polar surface area (TPSA) is 76.7 Å². The molecule has 2 amide bonds. The van der Waals surface area contributed by atoms with E-state index in [1.165, 1.54) is 11.1 Å².